The van der Waals surface area contributed by atoms with Crippen LogP contribution in [-0.2, 0) is 13.1 Å². The predicted octanol–water partition coefficient (Wildman–Crippen LogP) is 2.45. The molecule has 0 aromatic carbocycles. The Kier molecular flexibility index (Phi) is 5.30. The number of nitrogens with zero attached hydrogens (tertiary/aromatic N) is 9. The lowest BCUT2D eigenvalue weighted by Gasteiger charge is -2.29. The third kappa shape index (κ3) is 4.29. The van der Waals surface area contributed by atoms with Gasteiger partial charge in [-0.25, -0.2) is 14.1 Å². The van der Waals surface area contributed by atoms with E-state index in [-0.39, 0.29) is 0 Å². The molecule has 1 aliphatic rings. The molecule has 1 saturated carbocycles. The minimum absolute atomic E-state index is 0.464. The molecule has 0 saturated heterocycles. The summed E-state index contributed by atoms with van der Waals surface area (Å²) in [6.45, 7) is 2.12. The van der Waals surface area contributed by atoms with Gasteiger partial charge >= 0.3 is 0 Å². The quantitative estimate of drug-likeness (QED) is 0.381. The van der Waals surface area contributed by atoms with E-state index >= 15 is 0 Å². The first-order chi connectivity index (χ1) is 16.7. The highest BCUT2D eigenvalue weighted by Gasteiger charge is 2.28. The van der Waals surface area contributed by atoms with E-state index in [9.17, 15) is 4.39 Å². The molecule has 6 rings (SSSR count). The van der Waals surface area contributed by atoms with E-state index in [1.54, 1.807) is 29.5 Å². The third-order valence-electron chi connectivity index (χ3n) is 6.03. The monoisotopic (exact) mass is 458 g/mol. The summed E-state index contributed by atoms with van der Waals surface area (Å²) in [7, 11) is 0. The van der Waals surface area contributed by atoms with Gasteiger partial charge in [0.25, 0.3) is 0 Å². The van der Waals surface area contributed by atoms with Crippen LogP contribution in [0.5, 0.6) is 0 Å². The second-order valence-electron chi connectivity index (χ2n) is 8.65. The zero-order valence-electron chi connectivity index (χ0n) is 18.4. The van der Waals surface area contributed by atoms with Crippen molar-refractivity contribution in [2.45, 2.75) is 32.1 Å². The van der Waals surface area contributed by atoms with Gasteiger partial charge in [0, 0.05) is 30.7 Å². The molecule has 10 nitrogen and oxygen atoms in total. The van der Waals surface area contributed by atoms with Crippen LogP contribution in [0.4, 0.5) is 4.39 Å². The summed E-state index contributed by atoms with van der Waals surface area (Å²) in [4.78, 5) is 10.5. The third-order valence-corrected chi connectivity index (χ3v) is 6.03. The standard InChI is InChI=1S/C23H23FN10/c24-19-5-17(6-19)9-25-8-16-1-2-23-29-20(13-32(23)12-16)14-33-15-22(30-31-33)18-7-21(11-26-10-18)34-27-3-4-28-34/h1-4,7,10-13,15,17,19,25H,5-6,8-9,14H2. The highest BCUT2D eigenvalue weighted by molar-refractivity contribution is 5.59. The summed E-state index contributed by atoms with van der Waals surface area (Å²) in [6, 6.07) is 6.00. The molecule has 0 amide bonds. The van der Waals surface area contributed by atoms with Crippen LogP contribution in [0.1, 0.15) is 24.1 Å². The number of hydrogen-bond acceptors (Lipinski definition) is 7. The molecule has 5 aromatic heterocycles. The summed E-state index contributed by atoms with van der Waals surface area (Å²) >= 11 is 0. The highest BCUT2D eigenvalue weighted by atomic mass is 19.1. The molecule has 0 atom stereocenters. The first-order valence-electron chi connectivity index (χ1n) is 11.2. The van der Waals surface area contributed by atoms with Crippen LogP contribution < -0.4 is 5.32 Å². The number of hydrogen-bond donors (Lipinski definition) is 1. The fourth-order valence-corrected chi connectivity index (χ4v) is 4.21. The minimum Gasteiger partial charge on any atom is -0.312 e. The van der Waals surface area contributed by atoms with E-state index < -0.39 is 6.17 Å². The van der Waals surface area contributed by atoms with E-state index in [1.165, 1.54) is 4.80 Å². The van der Waals surface area contributed by atoms with Crippen molar-refractivity contribution < 1.29 is 4.39 Å². The highest BCUT2D eigenvalue weighted by Crippen LogP contribution is 2.29. The SMILES string of the molecule is FC1CC(CNCc2ccc3nc(Cn4cc(-c5cncc(-n6nccn6)c5)nn4)cn3c2)C1. The van der Waals surface area contributed by atoms with Crippen molar-refractivity contribution in [3.63, 3.8) is 0 Å². The second kappa shape index (κ2) is 8.75. The largest absolute Gasteiger partial charge is 0.312 e. The summed E-state index contributed by atoms with van der Waals surface area (Å²) < 4.78 is 16.7. The zero-order chi connectivity index (χ0) is 22.9. The number of halogens is 1. The van der Waals surface area contributed by atoms with Crippen LogP contribution >= 0.6 is 0 Å². The molecule has 5 heterocycles. The van der Waals surface area contributed by atoms with Crippen LogP contribution in [0.2, 0.25) is 0 Å². The van der Waals surface area contributed by atoms with Gasteiger partial charge in [-0.15, -0.1) is 5.10 Å². The van der Waals surface area contributed by atoms with Gasteiger partial charge in [-0.1, -0.05) is 11.3 Å². The maximum absolute atomic E-state index is 13.0. The van der Waals surface area contributed by atoms with Crippen molar-refractivity contribution in [2.75, 3.05) is 6.54 Å². The molecule has 0 spiro atoms. The summed E-state index contributed by atoms with van der Waals surface area (Å²) in [5, 5.41) is 20.3. The van der Waals surface area contributed by atoms with E-state index in [1.807, 2.05) is 28.9 Å². The molecule has 1 fully saturated rings. The Bertz CT molecular complexity index is 1400. The van der Waals surface area contributed by atoms with Crippen molar-refractivity contribution in [1.82, 2.24) is 49.7 Å². The molecule has 11 heteroatoms. The van der Waals surface area contributed by atoms with E-state index in [0.717, 1.165) is 41.2 Å². The molecule has 0 aliphatic heterocycles. The fraction of sp³-hybridized carbons (Fsp3) is 0.304. The summed E-state index contributed by atoms with van der Waals surface area (Å²) in [5.74, 6) is 0.464. The Morgan fingerprint density at radius 1 is 1.06 bits per heavy atom. The number of rotatable bonds is 8. The van der Waals surface area contributed by atoms with Gasteiger partial charge in [-0.2, -0.15) is 15.0 Å². The van der Waals surface area contributed by atoms with E-state index in [2.05, 4.69) is 43.1 Å². The number of fused-ring (bicyclic) bond motifs is 1. The van der Waals surface area contributed by atoms with E-state index in [4.69, 9.17) is 4.98 Å². The average molecular weight is 459 g/mol. The first kappa shape index (κ1) is 20.6. The maximum atomic E-state index is 13.0. The number of aromatic nitrogens is 9. The Hall–Kier alpha value is -3.99. The van der Waals surface area contributed by atoms with Gasteiger partial charge in [0.2, 0.25) is 0 Å². The minimum atomic E-state index is -0.602. The van der Waals surface area contributed by atoms with Gasteiger partial charge in [-0.05, 0) is 43.0 Å². The second-order valence-corrected chi connectivity index (χ2v) is 8.65. The molecule has 5 aromatic rings. The molecule has 0 radical (unpaired) electrons. The Morgan fingerprint density at radius 3 is 2.79 bits per heavy atom. The Morgan fingerprint density at radius 2 is 1.94 bits per heavy atom. The summed E-state index contributed by atoms with van der Waals surface area (Å²) in [5.41, 5.74) is 5.22. The molecule has 1 aliphatic carbocycles. The number of alkyl halides is 1. The molecule has 34 heavy (non-hydrogen) atoms. The first-order valence-corrected chi connectivity index (χ1v) is 11.2. The van der Waals surface area contributed by atoms with Gasteiger partial charge in [-0.3, -0.25) is 4.98 Å². The molecule has 0 bridgehead atoms. The van der Waals surface area contributed by atoms with Crippen LogP contribution in [0.15, 0.2) is 61.6 Å². The predicted molar refractivity (Wildman–Crippen MR) is 122 cm³/mol. The molecular weight excluding hydrogens is 435 g/mol. The maximum Gasteiger partial charge on any atom is 0.137 e. The van der Waals surface area contributed by atoms with Gasteiger partial charge in [0.15, 0.2) is 0 Å². The van der Waals surface area contributed by atoms with Crippen molar-refractivity contribution >= 4 is 5.65 Å². The van der Waals surface area contributed by atoms with Gasteiger partial charge < -0.3 is 9.72 Å². The topological polar surface area (TPSA) is 104 Å². The van der Waals surface area contributed by atoms with Gasteiger partial charge in [0.05, 0.1) is 37.0 Å². The zero-order valence-corrected chi connectivity index (χ0v) is 18.4. The van der Waals surface area contributed by atoms with Crippen molar-refractivity contribution in [3.8, 4) is 16.9 Å². The molecule has 1 N–H and O–H groups in total. The molecule has 0 unspecified atom stereocenters. The van der Waals surface area contributed by atoms with Crippen molar-refractivity contribution in [2.24, 2.45) is 5.92 Å². The van der Waals surface area contributed by atoms with Crippen molar-refractivity contribution in [3.05, 3.63) is 72.8 Å². The normalized spacial score (nSPS) is 17.8. The average Bonchev–Trinajstić information content (AvgIpc) is 3.59. The number of pyridine rings is 2. The smallest absolute Gasteiger partial charge is 0.137 e. The van der Waals surface area contributed by atoms with Crippen LogP contribution in [0.3, 0.4) is 0 Å². The van der Waals surface area contributed by atoms with Crippen LogP contribution in [0.25, 0.3) is 22.6 Å². The van der Waals surface area contributed by atoms with Crippen LogP contribution in [0, 0.1) is 5.92 Å². The number of nitrogens with one attached hydrogen (secondary N) is 1. The lowest BCUT2D eigenvalue weighted by molar-refractivity contribution is 0.129. The Labute approximate surface area is 194 Å². The van der Waals surface area contributed by atoms with Gasteiger partial charge in [0.1, 0.15) is 23.2 Å². The molecule has 172 valence electrons. The number of imidazole rings is 1. The Balaban J connectivity index is 1.12. The fourth-order valence-electron chi connectivity index (χ4n) is 4.21. The summed E-state index contributed by atoms with van der Waals surface area (Å²) in [6.07, 6.45) is 13.4. The molecular formula is C23H23FN10. The van der Waals surface area contributed by atoms with E-state index in [0.29, 0.717) is 31.0 Å². The lowest BCUT2D eigenvalue weighted by Crippen LogP contribution is -2.33. The van der Waals surface area contributed by atoms with Crippen molar-refractivity contribution in [1.29, 1.82) is 0 Å². The lowest BCUT2D eigenvalue weighted by atomic mass is 9.83. The van der Waals surface area contributed by atoms with Crippen LogP contribution in [-0.4, -0.2) is 57.1 Å².